The van der Waals surface area contributed by atoms with Crippen molar-refractivity contribution in [2.45, 2.75) is 30.3 Å². The lowest BCUT2D eigenvalue weighted by Gasteiger charge is -2.26. The van der Waals surface area contributed by atoms with Crippen LogP contribution in [0.2, 0.25) is 5.02 Å². The minimum Gasteiger partial charge on any atom is -0.349 e. The first-order valence-corrected chi connectivity index (χ1v) is 11.5. The minimum atomic E-state index is -3.97. The van der Waals surface area contributed by atoms with Gasteiger partial charge >= 0.3 is 0 Å². The van der Waals surface area contributed by atoms with Crippen LogP contribution in [-0.2, 0) is 16.6 Å². The van der Waals surface area contributed by atoms with Crippen molar-refractivity contribution >= 4 is 33.2 Å². The first kappa shape index (κ1) is 20.4. The van der Waals surface area contributed by atoms with Crippen LogP contribution in [0.5, 0.6) is 0 Å². The molecule has 3 aromatic rings. The van der Waals surface area contributed by atoms with Gasteiger partial charge < -0.3 is 5.32 Å². The third kappa shape index (κ3) is 4.50. The number of para-hydroxylation sites is 1. The Hall–Kier alpha value is -2.83. The van der Waals surface area contributed by atoms with Gasteiger partial charge in [-0.3, -0.25) is 9.10 Å². The Bertz CT molecular complexity index is 1160. The molecular weight excluding hydrogens is 420 g/mol. The summed E-state index contributed by atoms with van der Waals surface area (Å²) in [7, 11) is -3.97. The molecule has 1 saturated carbocycles. The van der Waals surface area contributed by atoms with Crippen LogP contribution in [0, 0.1) is 0 Å². The van der Waals surface area contributed by atoms with Crippen molar-refractivity contribution < 1.29 is 13.2 Å². The van der Waals surface area contributed by atoms with Gasteiger partial charge in [0.15, 0.2) is 0 Å². The van der Waals surface area contributed by atoms with Crippen molar-refractivity contribution in [3.8, 4) is 0 Å². The Morgan fingerprint density at radius 3 is 2.37 bits per heavy atom. The van der Waals surface area contributed by atoms with Gasteiger partial charge in [0.25, 0.3) is 15.9 Å². The number of anilines is 1. The molecule has 30 heavy (non-hydrogen) atoms. The van der Waals surface area contributed by atoms with Crippen molar-refractivity contribution in [2.75, 3.05) is 4.31 Å². The molecule has 0 heterocycles. The quantitative estimate of drug-likeness (QED) is 0.582. The van der Waals surface area contributed by atoms with Crippen molar-refractivity contribution in [3.05, 3.63) is 95.0 Å². The first-order chi connectivity index (χ1) is 14.4. The molecular formula is C23H21ClN2O3S. The highest BCUT2D eigenvalue weighted by Crippen LogP contribution is 2.32. The second kappa shape index (κ2) is 8.50. The van der Waals surface area contributed by atoms with Gasteiger partial charge in [-0.15, -0.1) is 0 Å². The Morgan fingerprint density at radius 2 is 1.67 bits per heavy atom. The number of nitrogens with zero attached hydrogens (tertiary/aromatic N) is 1. The molecule has 0 radical (unpaired) electrons. The largest absolute Gasteiger partial charge is 0.349 e. The Morgan fingerprint density at radius 1 is 0.967 bits per heavy atom. The average Bonchev–Trinajstić information content (AvgIpc) is 3.57. The zero-order valence-corrected chi connectivity index (χ0v) is 17.7. The number of rotatable bonds is 7. The predicted octanol–water partition coefficient (Wildman–Crippen LogP) is 4.63. The smallest absolute Gasteiger partial charge is 0.264 e. The predicted molar refractivity (Wildman–Crippen MR) is 118 cm³/mol. The number of nitrogens with one attached hydrogen (secondary N) is 1. The average molecular weight is 441 g/mol. The minimum absolute atomic E-state index is 0.0433. The zero-order valence-electron chi connectivity index (χ0n) is 16.2. The van der Waals surface area contributed by atoms with E-state index in [1.807, 2.05) is 30.3 Å². The lowest BCUT2D eigenvalue weighted by atomic mass is 10.2. The molecule has 0 aliphatic heterocycles. The van der Waals surface area contributed by atoms with Gasteiger partial charge in [-0.2, -0.15) is 0 Å². The SMILES string of the molecule is O=C(NC1CC1)c1cccc(S(=O)(=O)N(Cc2ccccc2)c2ccccc2Cl)c1. The lowest BCUT2D eigenvalue weighted by Crippen LogP contribution is -2.31. The van der Waals surface area contributed by atoms with E-state index in [0.717, 1.165) is 18.4 Å². The highest BCUT2D eigenvalue weighted by molar-refractivity contribution is 7.92. The molecule has 1 aliphatic rings. The molecule has 0 spiro atoms. The van der Waals surface area contributed by atoms with Gasteiger partial charge in [0.2, 0.25) is 0 Å². The van der Waals surface area contributed by atoms with E-state index < -0.39 is 10.0 Å². The van der Waals surface area contributed by atoms with Gasteiger partial charge in [0.05, 0.1) is 22.2 Å². The molecule has 4 rings (SSSR count). The van der Waals surface area contributed by atoms with Crippen LogP contribution < -0.4 is 9.62 Å². The second-order valence-corrected chi connectivity index (χ2v) is 9.49. The standard InChI is InChI=1S/C23H21ClN2O3S/c24-21-11-4-5-12-22(21)26(16-17-7-2-1-3-8-17)30(28,29)20-10-6-9-18(15-20)23(27)25-19-13-14-19/h1-12,15,19H,13-14,16H2,(H,25,27). The summed E-state index contributed by atoms with van der Waals surface area (Å²) in [6.07, 6.45) is 1.92. The zero-order chi connectivity index (χ0) is 21.1. The molecule has 0 atom stereocenters. The molecule has 0 aromatic heterocycles. The van der Waals surface area contributed by atoms with E-state index in [4.69, 9.17) is 11.6 Å². The molecule has 0 saturated heterocycles. The molecule has 5 nitrogen and oxygen atoms in total. The van der Waals surface area contributed by atoms with Gasteiger partial charge in [-0.1, -0.05) is 60.1 Å². The van der Waals surface area contributed by atoms with E-state index in [2.05, 4.69) is 5.32 Å². The molecule has 1 aliphatic carbocycles. The summed E-state index contributed by atoms with van der Waals surface area (Å²) in [5.41, 5.74) is 1.53. The summed E-state index contributed by atoms with van der Waals surface area (Å²) in [5, 5.41) is 3.22. The summed E-state index contributed by atoms with van der Waals surface area (Å²) >= 11 is 6.35. The van der Waals surface area contributed by atoms with E-state index >= 15 is 0 Å². The Balaban J connectivity index is 1.73. The van der Waals surface area contributed by atoms with Crippen LogP contribution in [0.3, 0.4) is 0 Å². The van der Waals surface area contributed by atoms with Crippen LogP contribution in [0.4, 0.5) is 5.69 Å². The monoisotopic (exact) mass is 440 g/mol. The number of amides is 1. The topological polar surface area (TPSA) is 66.5 Å². The molecule has 0 unspecified atom stereocenters. The summed E-state index contributed by atoms with van der Waals surface area (Å²) < 4.78 is 28.5. The molecule has 3 aromatic carbocycles. The van der Waals surface area contributed by atoms with E-state index in [9.17, 15) is 13.2 Å². The third-order valence-corrected chi connectivity index (χ3v) is 6.96. The maximum absolute atomic E-state index is 13.6. The molecule has 0 bridgehead atoms. The van der Waals surface area contributed by atoms with Crippen molar-refractivity contribution in [3.63, 3.8) is 0 Å². The van der Waals surface area contributed by atoms with Crippen LogP contribution in [0.1, 0.15) is 28.8 Å². The number of halogens is 1. The van der Waals surface area contributed by atoms with Gasteiger partial charge in [0, 0.05) is 11.6 Å². The number of hydrogen-bond acceptors (Lipinski definition) is 3. The van der Waals surface area contributed by atoms with Gasteiger partial charge in [0.1, 0.15) is 0 Å². The van der Waals surface area contributed by atoms with Gasteiger partial charge in [-0.25, -0.2) is 8.42 Å². The number of hydrogen-bond donors (Lipinski definition) is 1. The Labute approximate surface area is 181 Å². The van der Waals surface area contributed by atoms with Crippen molar-refractivity contribution in [1.82, 2.24) is 5.32 Å². The fourth-order valence-corrected chi connectivity index (χ4v) is 4.93. The second-order valence-electron chi connectivity index (χ2n) is 7.22. The van der Waals surface area contributed by atoms with Crippen LogP contribution >= 0.6 is 11.6 Å². The maximum Gasteiger partial charge on any atom is 0.264 e. The highest BCUT2D eigenvalue weighted by atomic mass is 35.5. The normalized spacial score (nSPS) is 13.6. The molecule has 154 valence electrons. The van der Waals surface area contributed by atoms with E-state index in [-0.39, 0.29) is 23.4 Å². The van der Waals surface area contributed by atoms with Crippen LogP contribution in [0.15, 0.2) is 83.8 Å². The maximum atomic E-state index is 13.6. The highest BCUT2D eigenvalue weighted by Gasteiger charge is 2.28. The van der Waals surface area contributed by atoms with Crippen molar-refractivity contribution in [2.24, 2.45) is 0 Å². The van der Waals surface area contributed by atoms with E-state index in [1.54, 1.807) is 36.4 Å². The summed E-state index contributed by atoms with van der Waals surface area (Å²) in [5.74, 6) is -0.262. The fraction of sp³-hybridized carbons (Fsp3) is 0.174. The van der Waals surface area contributed by atoms with E-state index in [0.29, 0.717) is 16.3 Å². The van der Waals surface area contributed by atoms with Crippen LogP contribution in [0.25, 0.3) is 0 Å². The van der Waals surface area contributed by atoms with Crippen LogP contribution in [-0.4, -0.2) is 20.4 Å². The molecule has 1 fully saturated rings. The first-order valence-electron chi connectivity index (χ1n) is 9.67. The Kier molecular flexibility index (Phi) is 5.79. The fourth-order valence-electron chi connectivity index (χ4n) is 3.12. The molecule has 7 heteroatoms. The van der Waals surface area contributed by atoms with Crippen molar-refractivity contribution in [1.29, 1.82) is 0 Å². The number of benzene rings is 3. The lowest BCUT2D eigenvalue weighted by molar-refractivity contribution is 0.0951. The van der Waals surface area contributed by atoms with Gasteiger partial charge in [-0.05, 0) is 48.7 Å². The molecule has 1 N–H and O–H groups in total. The van der Waals surface area contributed by atoms with E-state index in [1.165, 1.54) is 16.4 Å². The number of carbonyl (C=O) groups excluding carboxylic acids is 1. The summed E-state index contributed by atoms with van der Waals surface area (Å²) in [6.45, 7) is 0.116. The molecule has 1 amide bonds. The number of carbonyl (C=O) groups is 1. The number of sulfonamides is 1. The summed E-state index contributed by atoms with van der Waals surface area (Å²) in [4.78, 5) is 12.5. The third-order valence-electron chi connectivity index (χ3n) is 4.89. The summed E-state index contributed by atoms with van der Waals surface area (Å²) in [6, 6.07) is 22.4.